The SMILES string of the molecule is CC(=O)Nc1nc(C=Cc2ccc([N+](=O)[O-])o2)c([N+](=O)[O-])s1. The normalized spacial score (nSPS) is 10.8. The molecule has 22 heavy (non-hydrogen) atoms. The summed E-state index contributed by atoms with van der Waals surface area (Å²) < 4.78 is 4.89. The van der Waals surface area contributed by atoms with Crippen LogP contribution in [0.2, 0.25) is 0 Å². The summed E-state index contributed by atoms with van der Waals surface area (Å²) in [4.78, 5) is 34.9. The molecular weight excluding hydrogens is 316 g/mol. The standard InChI is InChI=1S/C11H8N4O6S/c1-6(16)12-11-13-8(10(22-11)15(19)20)4-2-7-3-5-9(21-7)14(17)18/h2-5H,1H3,(H,12,13,16). The molecule has 2 heterocycles. The van der Waals surface area contributed by atoms with Crippen molar-refractivity contribution in [2.75, 3.05) is 5.32 Å². The number of carbonyl (C=O) groups excluding carboxylic acids is 1. The van der Waals surface area contributed by atoms with E-state index in [1.165, 1.54) is 25.1 Å². The topological polar surface area (TPSA) is 141 Å². The number of aromatic nitrogens is 1. The fraction of sp³-hybridized carbons (Fsp3) is 0.0909. The molecule has 11 heteroatoms. The average Bonchev–Trinajstić information content (AvgIpc) is 3.02. The summed E-state index contributed by atoms with van der Waals surface area (Å²) >= 11 is 0.709. The minimum absolute atomic E-state index is 0.0119. The van der Waals surface area contributed by atoms with Gasteiger partial charge in [0.15, 0.2) is 10.8 Å². The van der Waals surface area contributed by atoms with Crippen LogP contribution in [0.3, 0.4) is 0 Å². The van der Waals surface area contributed by atoms with Gasteiger partial charge in [-0.25, -0.2) is 4.98 Å². The van der Waals surface area contributed by atoms with E-state index < -0.39 is 21.6 Å². The first-order chi connectivity index (χ1) is 10.4. The molecule has 0 atom stereocenters. The van der Waals surface area contributed by atoms with Crippen LogP contribution in [0.15, 0.2) is 16.5 Å². The van der Waals surface area contributed by atoms with Gasteiger partial charge in [-0.3, -0.25) is 25.0 Å². The largest absolute Gasteiger partial charge is 0.433 e. The monoisotopic (exact) mass is 324 g/mol. The number of nitro groups is 2. The van der Waals surface area contributed by atoms with Gasteiger partial charge in [-0.2, -0.15) is 0 Å². The molecule has 1 N–H and O–H groups in total. The second-order valence-electron chi connectivity index (χ2n) is 3.91. The molecule has 2 rings (SSSR count). The number of anilines is 1. The molecule has 2 aromatic rings. The minimum Gasteiger partial charge on any atom is -0.401 e. The highest BCUT2D eigenvalue weighted by molar-refractivity contribution is 7.19. The van der Waals surface area contributed by atoms with Crippen molar-refractivity contribution >= 4 is 45.4 Å². The zero-order valence-electron chi connectivity index (χ0n) is 11.0. The summed E-state index contributed by atoms with van der Waals surface area (Å²) in [6, 6.07) is 2.51. The second kappa shape index (κ2) is 6.13. The number of thiazole rings is 1. The van der Waals surface area contributed by atoms with Crippen LogP contribution in [-0.2, 0) is 4.79 Å². The quantitative estimate of drug-likeness (QED) is 0.658. The average molecular weight is 324 g/mol. The van der Waals surface area contributed by atoms with Gasteiger partial charge in [-0.1, -0.05) is 0 Å². The number of nitrogens with one attached hydrogen (secondary N) is 1. The lowest BCUT2D eigenvalue weighted by atomic mass is 10.3. The predicted octanol–water partition coefficient (Wildman–Crippen LogP) is 2.68. The zero-order valence-corrected chi connectivity index (χ0v) is 11.8. The fourth-order valence-corrected chi connectivity index (χ4v) is 2.27. The Kier molecular flexibility index (Phi) is 4.27. The summed E-state index contributed by atoms with van der Waals surface area (Å²) in [5, 5.41) is 23.6. The summed E-state index contributed by atoms with van der Waals surface area (Å²) in [5.41, 5.74) is 0.0119. The molecule has 0 radical (unpaired) electrons. The van der Waals surface area contributed by atoms with E-state index in [2.05, 4.69) is 10.3 Å². The van der Waals surface area contributed by atoms with Crippen LogP contribution in [0.1, 0.15) is 18.4 Å². The molecule has 0 fully saturated rings. The number of carbonyl (C=O) groups is 1. The lowest BCUT2D eigenvalue weighted by Crippen LogP contribution is -2.04. The lowest BCUT2D eigenvalue weighted by Gasteiger charge is -1.91. The Balaban J connectivity index is 2.28. The smallest absolute Gasteiger partial charge is 0.401 e. The Morgan fingerprint density at radius 1 is 1.32 bits per heavy atom. The van der Waals surface area contributed by atoms with Crippen LogP contribution in [0.5, 0.6) is 0 Å². The van der Waals surface area contributed by atoms with Crippen molar-refractivity contribution in [3.63, 3.8) is 0 Å². The maximum Gasteiger partial charge on any atom is 0.433 e. The third kappa shape index (κ3) is 3.52. The molecular formula is C11H8N4O6S. The molecule has 1 amide bonds. The van der Waals surface area contributed by atoms with E-state index in [1.807, 2.05) is 0 Å². The van der Waals surface area contributed by atoms with Crippen LogP contribution in [-0.4, -0.2) is 20.7 Å². The van der Waals surface area contributed by atoms with E-state index >= 15 is 0 Å². The summed E-state index contributed by atoms with van der Waals surface area (Å²) in [6.45, 7) is 1.25. The van der Waals surface area contributed by atoms with Gasteiger partial charge in [-0.05, 0) is 29.6 Å². The van der Waals surface area contributed by atoms with Crippen LogP contribution >= 0.6 is 11.3 Å². The van der Waals surface area contributed by atoms with Gasteiger partial charge in [0.2, 0.25) is 5.91 Å². The molecule has 0 saturated heterocycles. The van der Waals surface area contributed by atoms with E-state index in [0.29, 0.717) is 11.3 Å². The molecule has 0 bridgehead atoms. The highest BCUT2D eigenvalue weighted by Gasteiger charge is 2.20. The van der Waals surface area contributed by atoms with Gasteiger partial charge in [0.1, 0.15) is 10.7 Å². The van der Waals surface area contributed by atoms with Crippen LogP contribution < -0.4 is 5.32 Å². The van der Waals surface area contributed by atoms with Crippen molar-refractivity contribution in [1.82, 2.24) is 4.98 Å². The number of nitrogens with zero attached hydrogens (tertiary/aromatic N) is 3. The van der Waals surface area contributed by atoms with E-state index in [4.69, 9.17) is 4.42 Å². The third-order valence-corrected chi connectivity index (χ3v) is 3.22. The maximum atomic E-state index is 10.9. The first-order valence-corrected chi connectivity index (χ1v) is 6.53. The maximum absolute atomic E-state index is 10.9. The summed E-state index contributed by atoms with van der Waals surface area (Å²) in [7, 11) is 0. The Hall–Kier alpha value is -3.08. The van der Waals surface area contributed by atoms with Crippen molar-refractivity contribution < 1.29 is 19.1 Å². The number of hydrogen-bond donors (Lipinski definition) is 1. The molecule has 10 nitrogen and oxygen atoms in total. The van der Waals surface area contributed by atoms with Crippen molar-refractivity contribution in [3.05, 3.63) is 43.8 Å². The lowest BCUT2D eigenvalue weighted by molar-refractivity contribution is -0.402. The first kappa shape index (κ1) is 15.3. The minimum atomic E-state index is -0.697. The van der Waals surface area contributed by atoms with Gasteiger partial charge in [0.05, 0.1) is 11.0 Å². The highest BCUT2D eigenvalue weighted by atomic mass is 32.1. The molecule has 2 aromatic heterocycles. The number of rotatable bonds is 5. The Labute approximate surface area is 126 Å². The number of hydrogen-bond acceptors (Lipinski definition) is 8. The second-order valence-corrected chi connectivity index (χ2v) is 4.89. The molecule has 0 aromatic carbocycles. The van der Waals surface area contributed by atoms with Gasteiger partial charge in [-0.15, -0.1) is 0 Å². The van der Waals surface area contributed by atoms with Crippen LogP contribution in [0.4, 0.5) is 16.0 Å². The van der Waals surface area contributed by atoms with Gasteiger partial charge in [0, 0.05) is 6.92 Å². The van der Waals surface area contributed by atoms with E-state index in [9.17, 15) is 25.0 Å². The third-order valence-electron chi connectivity index (χ3n) is 2.28. The van der Waals surface area contributed by atoms with Gasteiger partial charge >= 0.3 is 10.9 Å². The van der Waals surface area contributed by atoms with E-state index in [0.717, 1.165) is 6.07 Å². The van der Waals surface area contributed by atoms with Crippen molar-refractivity contribution in [2.24, 2.45) is 0 Å². The van der Waals surface area contributed by atoms with E-state index in [-0.39, 0.29) is 21.6 Å². The van der Waals surface area contributed by atoms with Gasteiger partial charge in [0.25, 0.3) is 0 Å². The Morgan fingerprint density at radius 2 is 2.05 bits per heavy atom. The Bertz CT molecular complexity index is 777. The molecule has 0 aliphatic carbocycles. The van der Waals surface area contributed by atoms with E-state index in [1.54, 1.807) is 0 Å². The summed E-state index contributed by atoms with van der Waals surface area (Å²) in [6.07, 6.45) is 2.59. The summed E-state index contributed by atoms with van der Waals surface area (Å²) in [5.74, 6) is -0.692. The fourth-order valence-electron chi connectivity index (χ4n) is 1.46. The van der Waals surface area contributed by atoms with Crippen LogP contribution in [0, 0.1) is 20.2 Å². The molecule has 0 spiro atoms. The highest BCUT2D eigenvalue weighted by Crippen LogP contribution is 2.32. The number of amides is 1. The molecule has 114 valence electrons. The predicted molar refractivity (Wildman–Crippen MR) is 77.4 cm³/mol. The number of furan rings is 1. The molecule has 0 aliphatic rings. The molecule has 0 aliphatic heterocycles. The van der Waals surface area contributed by atoms with Crippen molar-refractivity contribution in [3.8, 4) is 0 Å². The van der Waals surface area contributed by atoms with Crippen LogP contribution in [0.25, 0.3) is 12.2 Å². The first-order valence-electron chi connectivity index (χ1n) is 5.72. The Morgan fingerprint density at radius 3 is 2.59 bits per heavy atom. The van der Waals surface area contributed by atoms with Gasteiger partial charge < -0.3 is 9.73 Å². The van der Waals surface area contributed by atoms with Crippen molar-refractivity contribution in [2.45, 2.75) is 6.92 Å². The zero-order chi connectivity index (χ0) is 16.3. The molecule has 0 saturated carbocycles. The van der Waals surface area contributed by atoms with Crippen molar-refractivity contribution in [1.29, 1.82) is 0 Å². The molecule has 0 unspecified atom stereocenters.